The van der Waals surface area contributed by atoms with Crippen molar-refractivity contribution in [2.24, 2.45) is 23.7 Å². The summed E-state index contributed by atoms with van der Waals surface area (Å²) in [4.78, 5) is 24.9. The van der Waals surface area contributed by atoms with Crippen molar-refractivity contribution in [2.75, 3.05) is 10.6 Å². The molecule has 1 aromatic rings. The SMILES string of the molecule is C[C@@H]1CC[C@H](C)[C@H](NC(=O)Nc2cccc(NC(=O)N[C@@H]3C[C@@H](C)CC[C@@H]3C)c2)C1. The number of carbonyl (C=O) groups excluding carboxylic acids is 2. The van der Waals surface area contributed by atoms with E-state index in [1.165, 1.54) is 12.8 Å². The van der Waals surface area contributed by atoms with Crippen LogP contribution < -0.4 is 21.3 Å². The molecule has 4 N–H and O–H groups in total. The second-order valence-corrected chi connectivity index (χ2v) is 9.78. The minimum atomic E-state index is -0.187. The zero-order valence-electron chi connectivity index (χ0n) is 18.8. The molecule has 1 aromatic carbocycles. The molecule has 0 radical (unpaired) electrons. The molecule has 0 bridgehead atoms. The van der Waals surface area contributed by atoms with Crippen LogP contribution in [0, 0.1) is 23.7 Å². The van der Waals surface area contributed by atoms with Crippen molar-refractivity contribution < 1.29 is 9.59 Å². The fourth-order valence-electron chi connectivity index (χ4n) is 4.81. The van der Waals surface area contributed by atoms with Gasteiger partial charge in [0, 0.05) is 23.5 Å². The topological polar surface area (TPSA) is 82.3 Å². The lowest BCUT2D eigenvalue weighted by Gasteiger charge is -2.33. The summed E-state index contributed by atoms with van der Waals surface area (Å²) in [7, 11) is 0. The van der Waals surface area contributed by atoms with Crippen LogP contribution in [0.2, 0.25) is 0 Å². The van der Waals surface area contributed by atoms with Crippen LogP contribution in [-0.4, -0.2) is 24.1 Å². The fraction of sp³-hybridized carbons (Fsp3) is 0.667. The lowest BCUT2D eigenvalue weighted by Crippen LogP contribution is -2.45. The molecule has 2 fully saturated rings. The average Bonchev–Trinajstić information content (AvgIpc) is 2.68. The first kappa shape index (κ1) is 22.4. The molecular formula is C24H38N4O2. The van der Waals surface area contributed by atoms with Gasteiger partial charge in [-0.05, 0) is 67.6 Å². The van der Waals surface area contributed by atoms with Crippen LogP contribution in [0.4, 0.5) is 21.0 Å². The monoisotopic (exact) mass is 414 g/mol. The van der Waals surface area contributed by atoms with Crippen LogP contribution in [0.1, 0.15) is 66.2 Å². The lowest BCUT2D eigenvalue weighted by molar-refractivity contribution is 0.214. The number of benzene rings is 1. The van der Waals surface area contributed by atoms with E-state index in [2.05, 4.69) is 49.0 Å². The van der Waals surface area contributed by atoms with Crippen LogP contribution in [0.25, 0.3) is 0 Å². The van der Waals surface area contributed by atoms with Gasteiger partial charge in [0.05, 0.1) is 0 Å². The molecule has 0 aromatic heterocycles. The Morgan fingerprint density at radius 3 is 1.60 bits per heavy atom. The number of hydrogen-bond donors (Lipinski definition) is 4. The first-order chi connectivity index (χ1) is 14.3. The molecule has 2 aliphatic rings. The highest BCUT2D eigenvalue weighted by Crippen LogP contribution is 2.29. The zero-order valence-corrected chi connectivity index (χ0v) is 18.8. The highest BCUT2D eigenvalue weighted by atomic mass is 16.2. The van der Waals surface area contributed by atoms with Crippen molar-refractivity contribution >= 4 is 23.4 Å². The number of anilines is 2. The summed E-state index contributed by atoms with van der Waals surface area (Å²) in [5.41, 5.74) is 1.34. The van der Waals surface area contributed by atoms with E-state index in [0.717, 1.165) is 25.7 Å². The van der Waals surface area contributed by atoms with Crippen molar-refractivity contribution in [3.8, 4) is 0 Å². The van der Waals surface area contributed by atoms with Gasteiger partial charge in [0.25, 0.3) is 0 Å². The number of urea groups is 2. The van der Waals surface area contributed by atoms with E-state index >= 15 is 0 Å². The summed E-state index contributed by atoms with van der Waals surface area (Å²) in [6.45, 7) is 8.89. The zero-order chi connectivity index (χ0) is 21.7. The third-order valence-corrected chi connectivity index (χ3v) is 6.93. The van der Waals surface area contributed by atoms with E-state index in [9.17, 15) is 9.59 Å². The lowest BCUT2D eigenvalue weighted by atomic mass is 9.80. The smallest absolute Gasteiger partial charge is 0.319 e. The molecule has 4 amide bonds. The normalized spacial score (nSPS) is 31.5. The Morgan fingerprint density at radius 2 is 1.17 bits per heavy atom. The quantitative estimate of drug-likeness (QED) is 0.519. The average molecular weight is 415 g/mol. The minimum Gasteiger partial charge on any atom is -0.335 e. The van der Waals surface area contributed by atoms with Crippen molar-refractivity contribution in [1.82, 2.24) is 10.6 Å². The van der Waals surface area contributed by atoms with Crippen LogP contribution >= 0.6 is 0 Å². The maximum absolute atomic E-state index is 12.5. The summed E-state index contributed by atoms with van der Waals surface area (Å²) >= 11 is 0. The third kappa shape index (κ3) is 6.38. The van der Waals surface area contributed by atoms with Gasteiger partial charge in [-0.1, -0.05) is 46.6 Å². The first-order valence-electron chi connectivity index (χ1n) is 11.5. The first-order valence-corrected chi connectivity index (χ1v) is 11.5. The van der Waals surface area contributed by atoms with Crippen LogP contribution in [0.3, 0.4) is 0 Å². The second-order valence-electron chi connectivity index (χ2n) is 9.78. The molecule has 0 aliphatic heterocycles. The number of amides is 4. The Kier molecular flexibility index (Phi) is 7.62. The Hall–Kier alpha value is -2.24. The van der Waals surface area contributed by atoms with E-state index in [4.69, 9.17) is 0 Å². The molecule has 0 unspecified atom stereocenters. The van der Waals surface area contributed by atoms with Gasteiger partial charge >= 0.3 is 12.1 Å². The van der Waals surface area contributed by atoms with E-state index in [-0.39, 0.29) is 24.1 Å². The molecule has 0 spiro atoms. The molecular weight excluding hydrogens is 376 g/mol. The summed E-state index contributed by atoms with van der Waals surface area (Å²) < 4.78 is 0. The van der Waals surface area contributed by atoms with E-state index < -0.39 is 0 Å². The summed E-state index contributed by atoms with van der Waals surface area (Å²) in [6.07, 6.45) is 6.81. The highest BCUT2D eigenvalue weighted by molar-refractivity contribution is 5.93. The predicted molar refractivity (Wildman–Crippen MR) is 123 cm³/mol. The molecule has 6 atom stereocenters. The molecule has 30 heavy (non-hydrogen) atoms. The standard InChI is InChI=1S/C24H38N4O2/c1-15-8-10-17(3)21(12-15)27-23(29)25-19-6-5-7-20(14-19)26-24(30)28-22-13-16(2)9-11-18(22)4/h5-7,14-18,21-22H,8-13H2,1-4H3,(H2,25,27,29)(H2,26,28,30)/t15-,16+,17-,18-,21+,22+/m0/s1. The predicted octanol–water partition coefficient (Wildman–Crippen LogP) is 5.58. The Balaban J connectivity index is 1.51. The summed E-state index contributed by atoms with van der Waals surface area (Å²) in [5, 5.41) is 12.1. The molecule has 166 valence electrons. The maximum atomic E-state index is 12.5. The van der Waals surface area contributed by atoms with E-state index in [1.807, 2.05) is 18.2 Å². The number of hydrogen-bond acceptors (Lipinski definition) is 2. The number of nitrogens with one attached hydrogen (secondary N) is 4. The van der Waals surface area contributed by atoms with E-state index in [0.29, 0.717) is 35.0 Å². The number of rotatable bonds is 4. The van der Waals surface area contributed by atoms with Gasteiger partial charge in [-0.25, -0.2) is 9.59 Å². The van der Waals surface area contributed by atoms with Crippen LogP contribution in [0.15, 0.2) is 24.3 Å². The molecule has 6 heteroatoms. The molecule has 6 nitrogen and oxygen atoms in total. The minimum absolute atomic E-state index is 0.187. The summed E-state index contributed by atoms with van der Waals surface area (Å²) in [6, 6.07) is 7.34. The molecule has 2 saturated carbocycles. The van der Waals surface area contributed by atoms with Gasteiger partial charge in [-0.2, -0.15) is 0 Å². The van der Waals surface area contributed by atoms with Gasteiger partial charge in [0.2, 0.25) is 0 Å². The second kappa shape index (κ2) is 10.2. The van der Waals surface area contributed by atoms with E-state index in [1.54, 1.807) is 6.07 Å². The van der Waals surface area contributed by atoms with Gasteiger partial charge in [0.1, 0.15) is 0 Å². The van der Waals surface area contributed by atoms with Crippen LogP contribution in [-0.2, 0) is 0 Å². The van der Waals surface area contributed by atoms with Gasteiger partial charge in [-0.3, -0.25) is 0 Å². The van der Waals surface area contributed by atoms with Gasteiger partial charge in [-0.15, -0.1) is 0 Å². The number of carbonyl (C=O) groups is 2. The largest absolute Gasteiger partial charge is 0.335 e. The maximum Gasteiger partial charge on any atom is 0.319 e. The highest BCUT2D eigenvalue weighted by Gasteiger charge is 2.27. The molecule has 3 rings (SSSR count). The van der Waals surface area contributed by atoms with Crippen molar-refractivity contribution in [1.29, 1.82) is 0 Å². The van der Waals surface area contributed by atoms with Crippen LogP contribution in [0.5, 0.6) is 0 Å². The molecule has 0 saturated heterocycles. The van der Waals surface area contributed by atoms with Gasteiger partial charge < -0.3 is 21.3 Å². The van der Waals surface area contributed by atoms with Crippen molar-refractivity contribution in [3.63, 3.8) is 0 Å². The van der Waals surface area contributed by atoms with Crippen molar-refractivity contribution in [3.05, 3.63) is 24.3 Å². The van der Waals surface area contributed by atoms with Gasteiger partial charge in [0.15, 0.2) is 0 Å². The Bertz CT molecular complexity index is 680. The molecule has 2 aliphatic carbocycles. The molecule has 0 heterocycles. The fourth-order valence-corrected chi connectivity index (χ4v) is 4.81. The Labute approximate surface area is 181 Å². The Morgan fingerprint density at radius 1 is 0.733 bits per heavy atom. The summed E-state index contributed by atoms with van der Waals surface area (Å²) in [5.74, 6) is 2.28. The van der Waals surface area contributed by atoms with Crippen molar-refractivity contribution in [2.45, 2.75) is 78.3 Å². The third-order valence-electron chi connectivity index (χ3n) is 6.93.